The van der Waals surface area contributed by atoms with Gasteiger partial charge in [0, 0.05) is 44.3 Å². The highest BCUT2D eigenvalue weighted by Gasteiger charge is 2.32. The summed E-state index contributed by atoms with van der Waals surface area (Å²) in [5, 5.41) is 5.73. The van der Waals surface area contributed by atoms with E-state index in [0.29, 0.717) is 63.1 Å². The molecule has 6 rings (SSSR count). The number of likely N-dealkylation sites (tertiary alicyclic amines) is 1. The van der Waals surface area contributed by atoms with Crippen molar-refractivity contribution in [3.05, 3.63) is 47.8 Å². The number of piperidine rings is 1. The third-order valence-electron chi connectivity index (χ3n) is 8.74. The van der Waals surface area contributed by atoms with Crippen molar-refractivity contribution in [1.82, 2.24) is 29.1 Å². The minimum Gasteiger partial charge on any atom is -0.492 e. The molecule has 2 amide bonds. The first kappa shape index (κ1) is 31.2. The van der Waals surface area contributed by atoms with Gasteiger partial charge in [-0.25, -0.2) is 19.2 Å². The Balaban J connectivity index is 1.27. The number of aromatic nitrogens is 3. The molecule has 2 aromatic heterocycles. The second-order valence-corrected chi connectivity index (χ2v) is 13.3. The smallest absolute Gasteiger partial charge is 0.409 e. The molecule has 0 bridgehead atoms. The molecule has 3 aromatic rings. The van der Waals surface area contributed by atoms with Crippen LogP contribution in [0.2, 0.25) is 0 Å². The summed E-state index contributed by atoms with van der Waals surface area (Å²) in [7, 11) is -4.24. The molecule has 14 heteroatoms. The predicted molar refractivity (Wildman–Crippen MR) is 166 cm³/mol. The van der Waals surface area contributed by atoms with Crippen LogP contribution in [0.1, 0.15) is 74.0 Å². The average molecular weight is 641 g/mol. The van der Waals surface area contributed by atoms with Gasteiger partial charge in [0.2, 0.25) is 0 Å². The molecule has 13 nitrogen and oxygen atoms in total. The van der Waals surface area contributed by atoms with Gasteiger partial charge >= 0.3 is 16.3 Å². The number of nitrogens with one attached hydrogen (secondary N) is 2. The quantitative estimate of drug-likeness (QED) is 0.338. The van der Waals surface area contributed by atoms with E-state index in [4.69, 9.17) is 19.3 Å². The van der Waals surface area contributed by atoms with Crippen molar-refractivity contribution in [2.45, 2.75) is 63.8 Å². The Labute approximate surface area is 262 Å². The topological polar surface area (TPSA) is 154 Å². The largest absolute Gasteiger partial charge is 0.492 e. The first-order chi connectivity index (χ1) is 21.8. The van der Waals surface area contributed by atoms with Crippen LogP contribution < -0.4 is 14.2 Å². The van der Waals surface area contributed by atoms with Crippen LogP contribution in [-0.4, -0.2) is 85.6 Å². The van der Waals surface area contributed by atoms with Crippen LogP contribution >= 0.6 is 0 Å². The van der Waals surface area contributed by atoms with Gasteiger partial charge < -0.3 is 19.1 Å². The number of nitrogens with zero attached hydrogens (tertiary/aromatic N) is 4. The van der Waals surface area contributed by atoms with Gasteiger partial charge in [-0.3, -0.25) is 4.79 Å². The average Bonchev–Trinajstić information content (AvgIpc) is 3.39. The molecule has 4 heterocycles. The maximum atomic E-state index is 13.5. The summed E-state index contributed by atoms with van der Waals surface area (Å²) in [4.78, 5) is 31.7. The van der Waals surface area contributed by atoms with E-state index in [-0.39, 0.29) is 18.2 Å². The van der Waals surface area contributed by atoms with Crippen LogP contribution in [0.4, 0.5) is 4.79 Å². The van der Waals surface area contributed by atoms with Gasteiger partial charge in [-0.2, -0.15) is 18.2 Å². The van der Waals surface area contributed by atoms with Crippen LogP contribution in [0, 0.1) is 5.92 Å². The summed E-state index contributed by atoms with van der Waals surface area (Å²) in [5.41, 5.74) is 2.00. The Morgan fingerprint density at radius 1 is 1.04 bits per heavy atom. The Hall–Kier alpha value is -3.75. The van der Waals surface area contributed by atoms with Crippen molar-refractivity contribution in [2.75, 3.05) is 39.5 Å². The zero-order chi connectivity index (χ0) is 31.4. The van der Waals surface area contributed by atoms with Crippen LogP contribution in [0.25, 0.3) is 16.7 Å². The summed E-state index contributed by atoms with van der Waals surface area (Å²) >= 11 is 0. The fraction of sp³-hybridized carbons (Fsp3) is 0.548. The number of benzene rings is 1. The number of hydrogen-bond donors (Lipinski definition) is 2. The summed E-state index contributed by atoms with van der Waals surface area (Å²) in [6, 6.07) is 10.6. The van der Waals surface area contributed by atoms with E-state index in [0.717, 1.165) is 48.9 Å². The third-order valence-corrected chi connectivity index (χ3v) is 9.84. The standard InChI is InChI=1S/C31H40N6O7S/c1-2-43-31(39)36-15-11-23(12-16-36)34-45(40,41)35-30(38)25-19-26(44-20-21-13-17-42-18-14-21)27-28(22-7-6-8-22)33-37(29(27)32-25)24-9-4-3-5-10-24/h3-5,9-10,19,21-23,34H,2,6-8,11-18,20H2,1H3,(H,35,38). The number of rotatable bonds is 10. The lowest BCUT2D eigenvalue weighted by Crippen LogP contribution is -2.50. The van der Waals surface area contributed by atoms with E-state index in [1.807, 2.05) is 30.3 Å². The molecule has 2 saturated heterocycles. The van der Waals surface area contributed by atoms with Gasteiger partial charge in [-0.1, -0.05) is 24.6 Å². The number of carbonyl (C=O) groups excluding carboxylic acids is 2. The second kappa shape index (κ2) is 13.7. The lowest BCUT2D eigenvalue weighted by Gasteiger charge is -2.31. The van der Waals surface area contributed by atoms with E-state index >= 15 is 0 Å². The Morgan fingerprint density at radius 2 is 1.78 bits per heavy atom. The summed E-state index contributed by atoms with van der Waals surface area (Å²) in [5.74, 6) is 0.146. The number of amides is 2. The van der Waals surface area contributed by atoms with Gasteiger partial charge in [-0.15, -0.1) is 0 Å². The Kier molecular flexibility index (Phi) is 9.52. The molecular weight excluding hydrogens is 600 g/mol. The van der Waals surface area contributed by atoms with Gasteiger partial charge in [0.05, 0.1) is 30.0 Å². The van der Waals surface area contributed by atoms with Crippen LogP contribution in [0.5, 0.6) is 5.75 Å². The van der Waals surface area contributed by atoms with Crippen molar-refractivity contribution in [1.29, 1.82) is 0 Å². The maximum Gasteiger partial charge on any atom is 0.409 e. The molecule has 0 unspecified atom stereocenters. The number of pyridine rings is 1. The normalized spacial score (nSPS) is 18.5. The van der Waals surface area contributed by atoms with Crippen molar-refractivity contribution in [2.24, 2.45) is 5.92 Å². The molecule has 0 spiro atoms. The second-order valence-electron chi connectivity index (χ2n) is 11.8. The maximum absolute atomic E-state index is 13.5. The van der Waals surface area contributed by atoms with Crippen molar-refractivity contribution in [3.8, 4) is 11.4 Å². The van der Waals surface area contributed by atoms with Gasteiger partial charge in [0.1, 0.15) is 11.4 Å². The third kappa shape index (κ3) is 7.23. The molecular formula is C31H40N6O7S. The van der Waals surface area contributed by atoms with Gasteiger partial charge in [-0.05, 0) is 63.5 Å². The molecule has 3 fully saturated rings. The Bertz CT molecular complexity index is 1610. The van der Waals surface area contributed by atoms with Crippen LogP contribution in [-0.2, 0) is 19.7 Å². The minimum atomic E-state index is -4.24. The number of carbonyl (C=O) groups is 2. The lowest BCUT2D eigenvalue weighted by molar-refractivity contribution is 0.0499. The molecule has 3 aliphatic rings. The van der Waals surface area contributed by atoms with E-state index in [2.05, 4.69) is 14.4 Å². The molecule has 1 aliphatic carbocycles. The molecule has 242 valence electrons. The SMILES string of the molecule is CCOC(=O)N1CCC(NS(=O)(=O)NC(=O)c2cc(OCC3CCOCC3)c3c(C4CCC4)nn(-c4ccccc4)c3n2)CC1. The number of para-hydroxylation sites is 1. The zero-order valence-corrected chi connectivity index (χ0v) is 26.3. The number of ether oxygens (including phenoxy) is 3. The molecule has 45 heavy (non-hydrogen) atoms. The highest BCUT2D eigenvalue weighted by Crippen LogP contribution is 2.42. The van der Waals surface area contributed by atoms with E-state index < -0.39 is 28.3 Å². The predicted octanol–water partition coefficient (Wildman–Crippen LogP) is 3.68. The highest BCUT2D eigenvalue weighted by atomic mass is 32.2. The monoisotopic (exact) mass is 640 g/mol. The Morgan fingerprint density at radius 3 is 2.44 bits per heavy atom. The molecule has 1 aromatic carbocycles. The first-order valence-corrected chi connectivity index (χ1v) is 17.3. The van der Waals surface area contributed by atoms with Gasteiger partial charge in [0.15, 0.2) is 5.65 Å². The fourth-order valence-electron chi connectivity index (χ4n) is 5.99. The molecule has 0 radical (unpaired) electrons. The molecule has 1 saturated carbocycles. The van der Waals surface area contributed by atoms with E-state index in [1.165, 1.54) is 6.07 Å². The highest BCUT2D eigenvalue weighted by molar-refractivity contribution is 7.88. The summed E-state index contributed by atoms with van der Waals surface area (Å²) in [6.45, 7) is 4.50. The number of hydrogen-bond acceptors (Lipinski definition) is 9. The lowest BCUT2D eigenvalue weighted by atomic mass is 9.82. The van der Waals surface area contributed by atoms with E-state index in [9.17, 15) is 18.0 Å². The molecule has 2 N–H and O–H groups in total. The van der Waals surface area contributed by atoms with Crippen molar-refractivity contribution in [3.63, 3.8) is 0 Å². The van der Waals surface area contributed by atoms with Crippen LogP contribution in [0.15, 0.2) is 36.4 Å². The van der Waals surface area contributed by atoms with Crippen molar-refractivity contribution < 1.29 is 32.2 Å². The van der Waals surface area contributed by atoms with Crippen molar-refractivity contribution >= 4 is 33.2 Å². The summed E-state index contributed by atoms with van der Waals surface area (Å²) in [6.07, 6.45) is 5.25. The molecule has 2 aliphatic heterocycles. The fourth-order valence-corrected chi connectivity index (χ4v) is 7.08. The summed E-state index contributed by atoms with van der Waals surface area (Å²) < 4.78 is 49.5. The zero-order valence-electron chi connectivity index (χ0n) is 25.4. The van der Waals surface area contributed by atoms with Gasteiger partial charge in [0.25, 0.3) is 5.91 Å². The molecule has 0 atom stereocenters. The van der Waals surface area contributed by atoms with Crippen LogP contribution in [0.3, 0.4) is 0 Å². The van der Waals surface area contributed by atoms with E-state index in [1.54, 1.807) is 16.5 Å². The minimum absolute atomic E-state index is 0.0933. The number of fused-ring (bicyclic) bond motifs is 1. The first-order valence-electron chi connectivity index (χ1n) is 15.8.